The second kappa shape index (κ2) is 51.9. The molecule has 0 aliphatic rings. The van der Waals surface area contributed by atoms with Crippen molar-refractivity contribution in [1.82, 2.24) is 58.5 Å². The molecule has 0 saturated heterocycles. The van der Waals surface area contributed by atoms with Crippen molar-refractivity contribution in [1.29, 1.82) is 0 Å². The third kappa shape index (κ3) is 38.0. The molecule has 0 fully saturated rings. The Morgan fingerprint density at radius 3 is 1.27 bits per heavy atom. The van der Waals surface area contributed by atoms with E-state index in [1.54, 1.807) is 74.5 Å². The van der Waals surface area contributed by atoms with Gasteiger partial charge in [0.15, 0.2) is 0 Å². The molecule has 3 aromatic carbocycles. The van der Waals surface area contributed by atoms with Crippen LogP contribution < -0.4 is 75.7 Å². The average molecular weight is 1670 g/mol. The Balaban J connectivity index is 2.08. The first-order valence-corrected chi connectivity index (χ1v) is 38.8. The first kappa shape index (κ1) is 99.3. The van der Waals surface area contributed by atoms with Crippen LogP contribution >= 0.6 is 11.8 Å². The number of hydrogen-bond acceptors (Lipinski definition) is 24. The molecule has 0 aliphatic heterocycles. The molecule has 0 bridgehead atoms. The number of ether oxygens (including phenoxy) is 1. The Hall–Kier alpha value is -11.8. The minimum absolute atomic E-state index is 0.0431. The number of rotatable bonds is 56. The molecule has 0 radical (unpaired) electrons. The zero-order chi connectivity index (χ0) is 87.6. The van der Waals surface area contributed by atoms with Gasteiger partial charge in [0.1, 0.15) is 84.9 Å². The van der Waals surface area contributed by atoms with Crippen LogP contribution in [0, 0.1) is 11.8 Å². The van der Waals surface area contributed by atoms with Crippen molar-refractivity contribution in [2.75, 3.05) is 12.3 Å². The molecule has 14 atom stereocenters. The lowest BCUT2D eigenvalue weighted by molar-refractivity contribution is -0.146. The molecule has 3 aromatic rings. The molecule has 3 rings (SSSR count). The number of aliphatic hydroxyl groups excluding tert-OH is 1. The molecule has 0 saturated carbocycles. The van der Waals surface area contributed by atoms with Gasteiger partial charge >= 0.3 is 35.8 Å². The van der Waals surface area contributed by atoms with Gasteiger partial charge in [-0.2, -0.15) is 11.8 Å². The van der Waals surface area contributed by atoms with Crippen molar-refractivity contribution in [2.24, 2.45) is 29.0 Å². The molecule has 41 heteroatoms. The first-order valence-electron chi connectivity index (χ1n) is 37.7. The van der Waals surface area contributed by atoms with Gasteiger partial charge in [0, 0.05) is 50.0 Å². The Labute approximate surface area is 677 Å². The Morgan fingerprint density at radius 2 is 0.812 bits per heavy atom. The number of esters is 1. The van der Waals surface area contributed by atoms with Gasteiger partial charge in [0.05, 0.1) is 12.5 Å². The summed E-state index contributed by atoms with van der Waals surface area (Å²) in [6.45, 7) is 7.24. The number of unbranched alkanes of at least 4 members (excludes halogenated alkanes) is 1. The predicted molar refractivity (Wildman–Crippen MR) is 417 cm³/mol. The fourth-order valence-electron chi connectivity index (χ4n) is 11.2. The van der Waals surface area contributed by atoms with E-state index >= 15 is 4.79 Å². The summed E-state index contributed by atoms with van der Waals surface area (Å²) in [6.07, 6.45) is -9.72. The van der Waals surface area contributed by atoms with Crippen molar-refractivity contribution in [2.45, 2.75) is 228 Å². The highest BCUT2D eigenvalue weighted by Gasteiger charge is 2.40. The van der Waals surface area contributed by atoms with E-state index in [-0.39, 0.29) is 62.5 Å². The normalized spacial score (nSPS) is 14.6. The molecule has 24 N–H and O–H groups in total. The lowest BCUT2D eigenvalue weighted by Crippen LogP contribution is -2.62. The van der Waals surface area contributed by atoms with E-state index in [2.05, 4.69) is 53.2 Å². The van der Waals surface area contributed by atoms with Gasteiger partial charge in [0.2, 0.25) is 70.9 Å². The van der Waals surface area contributed by atoms with Gasteiger partial charge < -0.3 is 116 Å². The van der Waals surface area contributed by atoms with Crippen molar-refractivity contribution < 1.29 is 127 Å². The topological polar surface area (TPSA) is 668 Å². The number of carboxylic acids is 5. The summed E-state index contributed by atoms with van der Waals surface area (Å²) in [5, 5.41) is 94.5. The number of carbonyl (C=O) groups excluding carboxylic acids is 13. The van der Waals surface area contributed by atoms with Gasteiger partial charge in [-0.25, -0.2) is 4.79 Å². The largest absolute Gasteiger partial charge is 0.508 e. The number of hydrogen-bond donors (Lipinski definition) is 21. The van der Waals surface area contributed by atoms with Crippen molar-refractivity contribution >= 4 is 118 Å². The summed E-state index contributed by atoms with van der Waals surface area (Å²) in [5.74, 6) is -24.4. The van der Waals surface area contributed by atoms with E-state index in [4.69, 9.17) is 27.0 Å². The molecular formula is C76H108N14O26S. The molecule has 0 aliphatic carbocycles. The average Bonchev–Trinajstić information content (AvgIpc) is 0.849. The van der Waals surface area contributed by atoms with E-state index in [9.17, 15) is 112 Å². The molecule has 0 unspecified atom stereocenters. The molecule has 117 heavy (non-hydrogen) atoms. The first-order chi connectivity index (χ1) is 55.2. The summed E-state index contributed by atoms with van der Waals surface area (Å²) >= 11 is 1.16. The van der Waals surface area contributed by atoms with Gasteiger partial charge in [-0.05, 0) is 105 Å². The minimum atomic E-state index is -2.24. The summed E-state index contributed by atoms with van der Waals surface area (Å²) < 4.78 is 5.48. The number of phenols is 1. The highest BCUT2D eigenvalue weighted by atomic mass is 32.2. The fraction of sp³-hybridized carbons (Fsp3) is 0.526. The maximum Gasteiger partial charge on any atom is 0.326 e. The van der Waals surface area contributed by atoms with Crippen molar-refractivity contribution in [3.63, 3.8) is 0 Å². The quantitative estimate of drug-likeness (QED) is 0.0208. The summed E-state index contributed by atoms with van der Waals surface area (Å²) in [4.78, 5) is 243. The molecule has 0 heterocycles. The minimum Gasteiger partial charge on any atom is -0.508 e. The van der Waals surface area contributed by atoms with E-state index in [0.717, 1.165) is 17.3 Å². The number of phenolic OH excluding ortho intramolecular Hbond substituents is 1. The van der Waals surface area contributed by atoms with Crippen LogP contribution in [-0.2, 0) is 110 Å². The Bertz CT molecular complexity index is 3880. The zero-order valence-electron chi connectivity index (χ0n) is 65.4. The summed E-state index contributed by atoms with van der Waals surface area (Å²) in [5.41, 5.74) is 18.8. The molecule has 40 nitrogen and oxygen atoms in total. The van der Waals surface area contributed by atoms with Crippen LogP contribution in [0.3, 0.4) is 0 Å². The van der Waals surface area contributed by atoms with Crippen LogP contribution in [0.25, 0.3) is 0 Å². The highest BCUT2D eigenvalue weighted by molar-refractivity contribution is 7.98. The van der Waals surface area contributed by atoms with Crippen LogP contribution in [0.4, 0.5) is 0 Å². The number of nitrogens with one attached hydrogen (secondary N) is 11. The fourth-order valence-corrected chi connectivity index (χ4v) is 12.2. The van der Waals surface area contributed by atoms with Crippen LogP contribution in [0.15, 0.2) is 84.9 Å². The van der Waals surface area contributed by atoms with Crippen LogP contribution in [0.1, 0.15) is 148 Å². The Kier molecular flexibility index (Phi) is 44.1. The predicted octanol–water partition coefficient (Wildman–Crippen LogP) is -2.32. The van der Waals surface area contributed by atoms with Crippen molar-refractivity contribution in [3.8, 4) is 5.75 Å². The van der Waals surface area contributed by atoms with Crippen LogP contribution in [0.2, 0.25) is 0 Å². The summed E-state index contributed by atoms with van der Waals surface area (Å²) in [6, 6.07) is 1.85. The van der Waals surface area contributed by atoms with Crippen molar-refractivity contribution in [3.05, 3.63) is 102 Å². The number of amides is 12. The number of aliphatic hydroxyl groups is 1. The highest BCUT2D eigenvalue weighted by Crippen LogP contribution is 2.19. The standard InChI is InChI=1S/C76H108N14O26S/c1-6-41(4)64(90-71(109)53(87-73(111)62(79)42(5)91)35-43-20-22-46(92)23-21-43)75(113)88-55(39-117-38-45-17-11-8-12-18-45)72(110)83-51(28-33-61(102)116-37-44-15-9-7-10-16-44)69(107)89-63(40(2)3)74(112)84-50(26-31-58(96)97)68(106)86-54(36-60(100)101)70(108)82-48(24-29-56(78)93)66(104)80-47(19-13-14-34-77)65(103)81-49(25-30-57(94)95)67(105)85-52(76(114)115)27-32-59(98)99/h7-12,15-18,20-23,40-42,47-55,62-64,91-92H,6,13-14,19,24-39,77,79H2,1-5H3,(H2,78,93)(H,80,104)(H,81,103)(H,82,108)(H,83,110)(H,84,112)(H,85,105)(H,86,106)(H,87,111)(H,88,113)(H,89,107)(H,90,109)(H,94,95)(H,96,97)(H,98,99)(H,100,101)(H,114,115)/t41-,42+,47-,48-,49-,50-,51-,52-,53-,54-,55-,62-,63-,64-/m0/s1. The number of aliphatic carboxylic acids is 5. The number of aromatic hydroxyl groups is 1. The molecule has 12 amide bonds. The number of thioether (sulfide) groups is 1. The molecule has 0 aromatic heterocycles. The van der Waals surface area contributed by atoms with Crippen LogP contribution in [-0.4, -0.2) is 233 Å². The number of nitrogens with two attached hydrogens (primary N) is 3. The number of primary amides is 1. The number of carbonyl (C=O) groups is 18. The lowest BCUT2D eigenvalue weighted by Gasteiger charge is -2.30. The third-order valence-corrected chi connectivity index (χ3v) is 19.2. The summed E-state index contributed by atoms with van der Waals surface area (Å²) in [7, 11) is 0. The van der Waals surface area contributed by atoms with Gasteiger partial charge in [-0.1, -0.05) is 107 Å². The molecule has 644 valence electrons. The lowest BCUT2D eigenvalue weighted by atomic mass is 9.96. The van der Waals surface area contributed by atoms with Gasteiger partial charge in [0.25, 0.3) is 0 Å². The van der Waals surface area contributed by atoms with Gasteiger partial charge in [-0.3, -0.25) is 81.5 Å². The number of carboxylic acid groups (broad SMARTS) is 5. The van der Waals surface area contributed by atoms with Gasteiger partial charge in [-0.15, -0.1) is 0 Å². The van der Waals surface area contributed by atoms with E-state index in [1.807, 2.05) is 5.32 Å². The third-order valence-electron chi connectivity index (χ3n) is 18.1. The monoisotopic (exact) mass is 1660 g/mol. The molecule has 0 spiro atoms. The SMILES string of the molecule is CC[C@H](C)[C@H](NC(=O)[C@H](Cc1ccc(O)cc1)NC(=O)[C@@H](N)[C@@H](C)O)C(=O)N[C@@H](CSCc1ccccc1)C(=O)N[C@@H](CCC(=O)OCc1ccccc1)C(=O)N[C@H](C(=O)N[C@@H](CCC(=O)O)C(=O)N[C@@H](CC(=O)O)C(=O)N[C@@H](CCC(N)=O)C(=O)N[C@@H](CCCCN)C(=O)N[C@@H](CCC(=O)O)C(=O)N[C@@H](CCC(=O)O)C(=O)O)C(C)C. The second-order valence-electron chi connectivity index (χ2n) is 28.0. The second-order valence-corrected chi connectivity index (χ2v) is 29.0. The number of benzene rings is 3. The van der Waals surface area contributed by atoms with Crippen LogP contribution in [0.5, 0.6) is 5.75 Å². The zero-order valence-corrected chi connectivity index (χ0v) is 66.2. The maximum absolute atomic E-state index is 15.0. The molecular weight excluding hydrogens is 1560 g/mol. The van der Waals surface area contributed by atoms with E-state index < -0.39 is 268 Å². The Morgan fingerprint density at radius 1 is 0.419 bits per heavy atom. The van der Waals surface area contributed by atoms with E-state index in [1.165, 1.54) is 45.0 Å². The maximum atomic E-state index is 15.0. The smallest absolute Gasteiger partial charge is 0.326 e. The van der Waals surface area contributed by atoms with E-state index in [0.29, 0.717) is 11.1 Å².